The molecule has 2 nitrogen and oxygen atoms in total. The highest BCUT2D eigenvalue weighted by atomic mass is 79.9. The predicted octanol–water partition coefficient (Wildman–Crippen LogP) is 4.28. The lowest BCUT2D eigenvalue weighted by atomic mass is 10.2. The monoisotopic (exact) mass is 343 g/mol. The fourth-order valence-corrected chi connectivity index (χ4v) is 2.76. The molecule has 0 fully saturated rings. The third kappa shape index (κ3) is 5.39. The van der Waals surface area contributed by atoms with E-state index in [9.17, 15) is 18.0 Å². The van der Waals surface area contributed by atoms with E-state index in [4.69, 9.17) is 0 Å². The Kier molecular flexibility index (Phi) is 5.65. The topological polar surface area (TPSA) is 29.1 Å². The molecule has 1 rings (SSSR count). The van der Waals surface area contributed by atoms with Crippen LogP contribution in [0, 0.1) is 6.92 Å². The summed E-state index contributed by atoms with van der Waals surface area (Å²) in [5.74, 6) is -0.235. The second-order valence-electron chi connectivity index (χ2n) is 3.90. The highest BCUT2D eigenvalue weighted by Crippen LogP contribution is 2.27. The summed E-state index contributed by atoms with van der Waals surface area (Å²) in [6, 6.07) is 1.75. The molecule has 0 radical (unpaired) electrons. The number of rotatable bonds is 5. The van der Waals surface area contributed by atoms with Gasteiger partial charge in [0.15, 0.2) is 0 Å². The first kappa shape index (κ1) is 15.5. The molecule has 1 amide bonds. The molecule has 0 aliphatic rings. The van der Waals surface area contributed by atoms with Gasteiger partial charge in [-0.25, -0.2) is 0 Å². The summed E-state index contributed by atoms with van der Waals surface area (Å²) >= 11 is 4.63. The molecule has 0 aliphatic heterocycles. The summed E-state index contributed by atoms with van der Waals surface area (Å²) in [7, 11) is 0. The number of hydrogen-bond donors (Lipinski definition) is 1. The zero-order valence-electron chi connectivity index (χ0n) is 9.73. The number of alkyl halides is 3. The minimum atomic E-state index is -4.11. The second kappa shape index (κ2) is 6.56. The summed E-state index contributed by atoms with van der Waals surface area (Å²) in [6.07, 6.45) is -4.54. The van der Waals surface area contributed by atoms with Crippen LogP contribution in [0.4, 0.5) is 13.2 Å². The number of thiophene rings is 1. The Hall–Kier alpha value is -0.560. The third-order valence-electron chi connectivity index (χ3n) is 2.25. The predicted molar refractivity (Wildman–Crippen MR) is 69.0 cm³/mol. The molecule has 0 unspecified atom stereocenters. The van der Waals surface area contributed by atoms with Crippen LogP contribution in [0.2, 0.25) is 0 Å². The van der Waals surface area contributed by atoms with Gasteiger partial charge in [0.1, 0.15) is 0 Å². The highest BCUT2D eigenvalue weighted by Gasteiger charge is 2.25. The molecule has 7 heteroatoms. The number of carbonyl (C=O) groups excluding carboxylic acids is 1. The van der Waals surface area contributed by atoms with E-state index < -0.39 is 12.6 Å². The lowest BCUT2D eigenvalue weighted by molar-refractivity contribution is -0.135. The second-order valence-corrected chi connectivity index (χ2v) is 6.27. The molecule has 0 saturated heterocycles. The van der Waals surface area contributed by atoms with E-state index in [-0.39, 0.29) is 18.9 Å². The Balaban J connectivity index is 2.26. The molecule has 1 aromatic rings. The maximum absolute atomic E-state index is 11.9. The van der Waals surface area contributed by atoms with Gasteiger partial charge in [-0.2, -0.15) is 13.2 Å². The fraction of sp³-hybridized carbons (Fsp3) is 0.545. The summed E-state index contributed by atoms with van der Waals surface area (Å²) in [5.41, 5.74) is 0.974. The van der Waals surface area contributed by atoms with E-state index in [1.165, 1.54) is 11.3 Å². The first-order chi connectivity index (χ1) is 8.29. The number of nitrogens with one attached hydrogen (secondary N) is 1. The van der Waals surface area contributed by atoms with Crippen LogP contribution in [0.15, 0.2) is 9.85 Å². The molecule has 1 aromatic heterocycles. The van der Waals surface area contributed by atoms with Crippen molar-refractivity contribution >= 4 is 33.2 Å². The summed E-state index contributed by atoms with van der Waals surface area (Å²) < 4.78 is 36.5. The van der Waals surface area contributed by atoms with Gasteiger partial charge in [-0.1, -0.05) is 0 Å². The molecule has 102 valence electrons. The van der Waals surface area contributed by atoms with Crippen molar-refractivity contribution in [1.82, 2.24) is 5.32 Å². The Labute approximate surface area is 116 Å². The van der Waals surface area contributed by atoms with Gasteiger partial charge in [-0.15, -0.1) is 11.3 Å². The third-order valence-corrected chi connectivity index (χ3v) is 4.39. The Bertz CT molecular complexity index is 397. The van der Waals surface area contributed by atoms with Crippen molar-refractivity contribution in [3.63, 3.8) is 0 Å². The number of carbonyl (C=O) groups is 1. The van der Waals surface area contributed by atoms with Crippen LogP contribution in [-0.4, -0.2) is 18.6 Å². The van der Waals surface area contributed by atoms with Gasteiger partial charge >= 0.3 is 6.18 Å². The van der Waals surface area contributed by atoms with Crippen molar-refractivity contribution in [1.29, 1.82) is 0 Å². The van der Waals surface area contributed by atoms with Crippen LogP contribution in [-0.2, 0) is 0 Å². The minimum Gasteiger partial charge on any atom is -0.351 e. The molecule has 0 spiro atoms. The number of halogens is 4. The van der Waals surface area contributed by atoms with Crippen molar-refractivity contribution in [3.8, 4) is 0 Å². The number of unbranched alkanes of at least 4 members (excludes halogenated alkanes) is 1. The van der Waals surface area contributed by atoms with Gasteiger partial charge in [0.25, 0.3) is 5.91 Å². The molecule has 0 aliphatic carbocycles. The fourth-order valence-electron chi connectivity index (χ4n) is 1.31. The Morgan fingerprint density at radius 3 is 2.61 bits per heavy atom. The minimum absolute atomic E-state index is 0.0386. The molecular weight excluding hydrogens is 331 g/mol. The van der Waals surface area contributed by atoms with Crippen molar-refractivity contribution in [2.75, 3.05) is 6.54 Å². The number of aryl methyl sites for hydroxylation is 1. The van der Waals surface area contributed by atoms with Crippen molar-refractivity contribution in [2.45, 2.75) is 32.4 Å². The molecule has 1 N–H and O–H groups in total. The van der Waals surface area contributed by atoms with Crippen LogP contribution in [0.1, 0.15) is 34.5 Å². The van der Waals surface area contributed by atoms with Gasteiger partial charge in [-0.05, 0) is 47.3 Å². The molecular formula is C11H13BrF3NOS. The van der Waals surface area contributed by atoms with Crippen molar-refractivity contribution < 1.29 is 18.0 Å². The average Bonchev–Trinajstić information content (AvgIpc) is 2.57. The van der Waals surface area contributed by atoms with Crippen molar-refractivity contribution in [3.05, 3.63) is 20.3 Å². The van der Waals surface area contributed by atoms with Crippen LogP contribution >= 0.6 is 27.3 Å². The zero-order valence-corrected chi connectivity index (χ0v) is 12.1. The summed E-state index contributed by atoms with van der Waals surface area (Å²) in [5, 5.41) is 2.61. The SMILES string of the molecule is Cc1cc(C(=O)NCCCCC(F)(F)F)sc1Br. The van der Waals surface area contributed by atoms with Gasteiger partial charge in [0, 0.05) is 13.0 Å². The van der Waals surface area contributed by atoms with Gasteiger partial charge in [0.05, 0.1) is 8.66 Å². The molecule has 0 aromatic carbocycles. The lowest BCUT2D eigenvalue weighted by Gasteiger charge is -2.06. The van der Waals surface area contributed by atoms with E-state index in [0.717, 1.165) is 9.35 Å². The van der Waals surface area contributed by atoms with Crippen LogP contribution < -0.4 is 5.32 Å². The van der Waals surface area contributed by atoms with Crippen LogP contribution in [0.5, 0.6) is 0 Å². The molecule has 0 atom stereocenters. The summed E-state index contributed by atoms with van der Waals surface area (Å²) in [6.45, 7) is 2.14. The van der Waals surface area contributed by atoms with Gasteiger partial charge < -0.3 is 5.32 Å². The standard InChI is InChI=1S/C11H13BrF3NOS/c1-7-6-8(18-9(7)12)10(17)16-5-3-2-4-11(13,14)15/h6H,2-5H2,1H3,(H,16,17). The van der Waals surface area contributed by atoms with E-state index in [2.05, 4.69) is 21.2 Å². The van der Waals surface area contributed by atoms with E-state index in [1.54, 1.807) is 6.07 Å². The maximum Gasteiger partial charge on any atom is 0.389 e. The normalized spacial score (nSPS) is 11.6. The number of hydrogen-bond acceptors (Lipinski definition) is 2. The largest absolute Gasteiger partial charge is 0.389 e. The average molecular weight is 344 g/mol. The molecule has 0 saturated carbocycles. The molecule has 0 bridgehead atoms. The lowest BCUT2D eigenvalue weighted by Crippen LogP contribution is -2.23. The molecule has 1 heterocycles. The highest BCUT2D eigenvalue weighted by molar-refractivity contribution is 9.11. The first-order valence-electron chi connectivity index (χ1n) is 5.40. The Morgan fingerprint density at radius 1 is 1.44 bits per heavy atom. The van der Waals surface area contributed by atoms with Gasteiger partial charge in [0.2, 0.25) is 0 Å². The van der Waals surface area contributed by atoms with E-state index in [1.807, 2.05) is 6.92 Å². The van der Waals surface area contributed by atoms with Crippen molar-refractivity contribution in [2.24, 2.45) is 0 Å². The smallest absolute Gasteiger partial charge is 0.351 e. The van der Waals surface area contributed by atoms with Gasteiger partial charge in [-0.3, -0.25) is 4.79 Å². The quantitative estimate of drug-likeness (QED) is 0.794. The number of amides is 1. The zero-order chi connectivity index (χ0) is 13.8. The van der Waals surface area contributed by atoms with E-state index >= 15 is 0 Å². The van der Waals surface area contributed by atoms with E-state index in [0.29, 0.717) is 11.3 Å². The van der Waals surface area contributed by atoms with Crippen LogP contribution in [0.3, 0.4) is 0 Å². The first-order valence-corrected chi connectivity index (χ1v) is 7.01. The summed E-state index contributed by atoms with van der Waals surface area (Å²) in [4.78, 5) is 12.2. The maximum atomic E-state index is 11.9. The Morgan fingerprint density at radius 2 is 2.11 bits per heavy atom. The molecule has 18 heavy (non-hydrogen) atoms. The van der Waals surface area contributed by atoms with Crippen LogP contribution in [0.25, 0.3) is 0 Å².